The third-order valence-corrected chi connectivity index (χ3v) is 7.46. The van der Waals surface area contributed by atoms with E-state index in [1.165, 1.54) is 27.1 Å². The summed E-state index contributed by atoms with van der Waals surface area (Å²) < 4.78 is 5.32. The van der Waals surface area contributed by atoms with Crippen molar-refractivity contribution in [1.29, 1.82) is 0 Å². The van der Waals surface area contributed by atoms with E-state index in [0.29, 0.717) is 0 Å². The van der Waals surface area contributed by atoms with E-state index in [1.807, 2.05) is 12.1 Å². The summed E-state index contributed by atoms with van der Waals surface area (Å²) in [7, 11) is 1.68. The Bertz CT molecular complexity index is 1480. The van der Waals surface area contributed by atoms with E-state index in [-0.39, 0.29) is 0 Å². The molecule has 0 amide bonds. The third-order valence-electron chi connectivity index (χ3n) is 5.65. The Morgan fingerprint density at radius 2 is 1.26 bits per heavy atom. The lowest BCUT2D eigenvalue weighted by molar-refractivity contribution is 0.415. The summed E-state index contributed by atoms with van der Waals surface area (Å²) in [4.78, 5) is 15.8. The Hall–Kier alpha value is -3.22. The van der Waals surface area contributed by atoms with E-state index in [2.05, 4.69) is 87.3 Å². The van der Waals surface area contributed by atoms with Gasteiger partial charge in [-0.05, 0) is 122 Å². The predicted molar refractivity (Wildman–Crippen MR) is 146 cm³/mol. The highest BCUT2D eigenvalue weighted by atomic mass is 32.2. The van der Waals surface area contributed by atoms with Crippen LogP contribution in [-0.2, 0) is 0 Å². The van der Waals surface area contributed by atoms with Gasteiger partial charge in [0.15, 0.2) is 5.16 Å². The number of fused-ring (bicyclic) bond motifs is 1. The van der Waals surface area contributed by atoms with Crippen LogP contribution in [0.3, 0.4) is 0 Å². The molecule has 0 aliphatic carbocycles. The Morgan fingerprint density at radius 3 is 1.83 bits per heavy atom. The fraction of sp³-hybridized carbons (Fsp3) is 0.172. The molecule has 0 saturated heterocycles. The lowest BCUT2D eigenvalue weighted by Crippen LogP contribution is -1.92. The van der Waals surface area contributed by atoms with Crippen molar-refractivity contribution in [2.75, 3.05) is 7.11 Å². The van der Waals surface area contributed by atoms with Gasteiger partial charge in [-0.2, -0.15) is 0 Å². The Balaban J connectivity index is 1.60. The van der Waals surface area contributed by atoms with E-state index >= 15 is 0 Å². The number of rotatable bonds is 6. The summed E-state index contributed by atoms with van der Waals surface area (Å²) >= 11 is 3.29. The zero-order valence-electron chi connectivity index (χ0n) is 20.5. The average molecular weight is 498 g/mol. The predicted octanol–water partition coefficient (Wildman–Crippen LogP) is 8.17. The summed E-state index contributed by atoms with van der Waals surface area (Å²) in [5.74, 6) is 0.836. The second kappa shape index (κ2) is 9.80. The smallest absolute Gasteiger partial charge is 0.195 e. The molecule has 0 spiro atoms. The van der Waals surface area contributed by atoms with E-state index in [1.54, 1.807) is 30.6 Å². The van der Waals surface area contributed by atoms with Gasteiger partial charge in [0.05, 0.1) is 12.5 Å². The van der Waals surface area contributed by atoms with E-state index < -0.39 is 0 Å². The van der Waals surface area contributed by atoms with Gasteiger partial charge in [-0.25, -0.2) is 9.97 Å². The van der Waals surface area contributed by atoms with Gasteiger partial charge >= 0.3 is 0 Å². The molecule has 4 nitrogen and oxygen atoms in total. The van der Waals surface area contributed by atoms with Crippen molar-refractivity contribution >= 4 is 34.6 Å². The fourth-order valence-corrected chi connectivity index (χ4v) is 6.36. The van der Waals surface area contributed by atoms with Crippen molar-refractivity contribution in [3.05, 3.63) is 89.0 Å². The zero-order chi connectivity index (χ0) is 24.5. The third kappa shape index (κ3) is 5.39. The molecule has 0 aliphatic heterocycles. The SMILES string of the molecule is COc1ccc(-c2cc3c(Sc4cc(C)cc(C)c4)nc(Sc4cc(C)cc(C)c4)nc3[nH]2)cc1. The van der Waals surface area contributed by atoms with Crippen LogP contribution in [0.5, 0.6) is 5.75 Å². The van der Waals surface area contributed by atoms with Gasteiger partial charge in [-0.1, -0.05) is 23.9 Å². The summed E-state index contributed by atoms with van der Waals surface area (Å²) in [6.45, 7) is 8.50. The molecule has 0 unspecified atom stereocenters. The van der Waals surface area contributed by atoms with Gasteiger partial charge in [0.1, 0.15) is 16.4 Å². The number of hydrogen-bond acceptors (Lipinski definition) is 5. The monoisotopic (exact) mass is 497 g/mol. The van der Waals surface area contributed by atoms with Crippen molar-refractivity contribution in [3.8, 4) is 17.0 Å². The van der Waals surface area contributed by atoms with Gasteiger partial charge in [0, 0.05) is 15.5 Å². The van der Waals surface area contributed by atoms with Gasteiger partial charge in [0.2, 0.25) is 0 Å². The molecule has 0 fully saturated rings. The largest absolute Gasteiger partial charge is 0.497 e. The van der Waals surface area contributed by atoms with Crippen LogP contribution in [0.2, 0.25) is 0 Å². The van der Waals surface area contributed by atoms with E-state index in [9.17, 15) is 0 Å². The van der Waals surface area contributed by atoms with Crippen LogP contribution in [0.15, 0.2) is 86.7 Å². The normalized spacial score (nSPS) is 11.2. The molecule has 176 valence electrons. The maximum absolute atomic E-state index is 5.32. The number of aromatic nitrogens is 3. The first kappa shape index (κ1) is 23.5. The molecular weight excluding hydrogens is 470 g/mol. The quantitative estimate of drug-likeness (QED) is 0.189. The molecule has 6 heteroatoms. The summed E-state index contributed by atoms with van der Waals surface area (Å²) in [5.41, 5.74) is 7.89. The number of aryl methyl sites for hydroxylation is 4. The number of nitrogens with zero attached hydrogens (tertiary/aromatic N) is 2. The van der Waals surface area contributed by atoms with E-state index in [0.717, 1.165) is 43.1 Å². The van der Waals surface area contributed by atoms with Gasteiger partial charge in [-0.3, -0.25) is 0 Å². The Morgan fingerprint density at radius 1 is 0.686 bits per heavy atom. The highest BCUT2D eigenvalue weighted by molar-refractivity contribution is 8.00. The van der Waals surface area contributed by atoms with Crippen LogP contribution in [0.1, 0.15) is 22.3 Å². The molecule has 35 heavy (non-hydrogen) atoms. The summed E-state index contributed by atoms with van der Waals surface area (Å²) in [6, 6.07) is 23.3. The molecule has 5 rings (SSSR count). The number of H-pyrrole nitrogens is 1. The van der Waals surface area contributed by atoms with Crippen LogP contribution in [0, 0.1) is 27.7 Å². The molecule has 2 heterocycles. The molecule has 1 N–H and O–H groups in total. The lowest BCUT2D eigenvalue weighted by atomic mass is 10.1. The molecule has 5 aromatic rings. The molecule has 0 bridgehead atoms. The van der Waals surface area contributed by atoms with Crippen LogP contribution < -0.4 is 4.74 Å². The number of nitrogens with one attached hydrogen (secondary N) is 1. The first-order chi connectivity index (χ1) is 16.9. The average Bonchev–Trinajstić information content (AvgIpc) is 3.22. The van der Waals surface area contributed by atoms with Gasteiger partial charge in [-0.15, -0.1) is 0 Å². The molecular formula is C29H27N3OS2. The minimum atomic E-state index is 0.734. The van der Waals surface area contributed by atoms with Crippen LogP contribution in [0.4, 0.5) is 0 Å². The number of hydrogen-bond donors (Lipinski definition) is 1. The van der Waals surface area contributed by atoms with Crippen molar-refractivity contribution < 1.29 is 4.74 Å². The van der Waals surface area contributed by atoms with E-state index in [4.69, 9.17) is 14.7 Å². The number of benzene rings is 3. The van der Waals surface area contributed by atoms with Crippen molar-refractivity contribution in [2.24, 2.45) is 0 Å². The number of methoxy groups -OCH3 is 1. The van der Waals surface area contributed by atoms with Crippen LogP contribution in [0.25, 0.3) is 22.3 Å². The second-order valence-electron chi connectivity index (χ2n) is 8.84. The highest BCUT2D eigenvalue weighted by Gasteiger charge is 2.15. The maximum Gasteiger partial charge on any atom is 0.195 e. The molecule has 0 atom stereocenters. The molecule has 2 aromatic heterocycles. The molecule has 0 aliphatic rings. The minimum Gasteiger partial charge on any atom is -0.497 e. The van der Waals surface area contributed by atoms with Crippen LogP contribution in [-0.4, -0.2) is 22.1 Å². The molecule has 0 radical (unpaired) electrons. The molecule has 0 saturated carbocycles. The van der Waals surface area contributed by atoms with Crippen molar-refractivity contribution in [3.63, 3.8) is 0 Å². The Kier molecular flexibility index (Phi) is 6.58. The Labute approximate surface area is 214 Å². The summed E-state index contributed by atoms with van der Waals surface area (Å²) in [6.07, 6.45) is 0. The molecule has 3 aromatic carbocycles. The van der Waals surface area contributed by atoms with Gasteiger partial charge in [0.25, 0.3) is 0 Å². The maximum atomic E-state index is 5.32. The first-order valence-electron chi connectivity index (χ1n) is 11.4. The van der Waals surface area contributed by atoms with Crippen molar-refractivity contribution in [2.45, 2.75) is 47.7 Å². The van der Waals surface area contributed by atoms with Crippen molar-refractivity contribution in [1.82, 2.24) is 15.0 Å². The van der Waals surface area contributed by atoms with Gasteiger partial charge < -0.3 is 9.72 Å². The minimum absolute atomic E-state index is 0.734. The highest BCUT2D eigenvalue weighted by Crippen LogP contribution is 2.37. The lowest BCUT2D eigenvalue weighted by Gasteiger charge is -2.08. The zero-order valence-corrected chi connectivity index (χ0v) is 22.1. The first-order valence-corrected chi connectivity index (χ1v) is 13.1. The topological polar surface area (TPSA) is 50.8 Å². The number of aromatic amines is 1. The fourth-order valence-electron chi connectivity index (χ4n) is 4.21. The summed E-state index contributed by atoms with van der Waals surface area (Å²) in [5, 5.41) is 2.70. The van der Waals surface area contributed by atoms with Crippen LogP contribution >= 0.6 is 23.5 Å². The second-order valence-corrected chi connectivity index (χ2v) is 10.9. The standard InChI is InChI=1S/C29H27N3OS2/c1-17-10-18(2)13-23(12-17)34-28-25-16-26(21-6-8-22(33-5)9-7-21)30-27(25)31-29(32-28)35-24-14-19(3)11-20(4)15-24/h6-16H,1-5H3,(H,30,31,32). The number of ether oxygens (including phenoxy) is 1.